The molecule has 1 atom stereocenters. The Hall–Kier alpha value is -2.74. The highest BCUT2D eigenvalue weighted by atomic mass is 16.8. The monoisotopic (exact) mass is 326 g/mol. The summed E-state index contributed by atoms with van der Waals surface area (Å²) in [6.07, 6.45) is 1.32. The number of rotatable bonds is 5. The summed E-state index contributed by atoms with van der Waals surface area (Å²) in [5.41, 5.74) is 1.71. The highest BCUT2D eigenvalue weighted by Gasteiger charge is 2.25. The Kier molecular flexibility index (Phi) is 4.30. The molecule has 0 aliphatic carbocycles. The molecule has 2 aromatic carbocycles. The van der Waals surface area contributed by atoms with Crippen LogP contribution in [0.1, 0.15) is 12.5 Å². The normalized spacial score (nSPS) is 13.5. The zero-order valence-corrected chi connectivity index (χ0v) is 13.1. The molecule has 7 nitrogen and oxygen atoms in total. The Morgan fingerprint density at radius 2 is 1.62 bits per heavy atom. The van der Waals surface area contributed by atoms with Crippen LogP contribution in [0.2, 0.25) is 0 Å². The average molecular weight is 326 g/mol. The van der Waals surface area contributed by atoms with E-state index in [0.717, 1.165) is 16.7 Å². The van der Waals surface area contributed by atoms with E-state index in [-0.39, 0.29) is 17.7 Å². The summed E-state index contributed by atoms with van der Waals surface area (Å²) < 4.78 is 1.35. The quantitative estimate of drug-likeness (QED) is 0.623. The summed E-state index contributed by atoms with van der Waals surface area (Å²) >= 11 is 0. The van der Waals surface area contributed by atoms with Crippen molar-refractivity contribution < 1.29 is 15.5 Å². The van der Waals surface area contributed by atoms with Crippen LogP contribution < -0.4 is 5.23 Å². The van der Waals surface area contributed by atoms with Crippen LogP contribution in [0.15, 0.2) is 60.9 Å². The topological polar surface area (TPSA) is 94.6 Å². The molecular weight excluding hydrogens is 308 g/mol. The lowest BCUT2D eigenvalue weighted by Crippen LogP contribution is -2.28. The SMILES string of the molecule is CC(O)(Cn1cnc(N(O)O)n1)c1ccc(-c2ccccc2)cc1. The molecular formula is C17H18N4O3. The Morgan fingerprint density at radius 1 is 1.00 bits per heavy atom. The number of nitrogens with zero attached hydrogens (tertiary/aromatic N) is 4. The zero-order chi connectivity index (χ0) is 17.2. The van der Waals surface area contributed by atoms with Crippen molar-refractivity contribution in [3.63, 3.8) is 0 Å². The molecule has 0 amide bonds. The van der Waals surface area contributed by atoms with E-state index >= 15 is 0 Å². The molecule has 0 saturated carbocycles. The van der Waals surface area contributed by atoms with Gasteiger partial charge in [-0.2, -0.15) is 4.98 Å². The molecule has 0 aliphatic heterocycles. The third-order valence-electron chi connectivity index (χ3n) is 3.79. The van der Waals surface area contributed by atoms with E-state index in [2.05, 4.69) is 10.1 Å². The Bertz CT molecular complexity index is 798. The van der Waals surface area contributed by atoms with Crippen molar-refractivity contribution in [1.82, 2.24) is 14.8 Å². The number of hydrogen-bond donors (Lipinski definition) is 3. The van der Waals surface area contributed by atoms with Gasteiger partial charge in [-0.15, -0.1) is 5.10 Å². The molecule has 0 radical (unpaired) electrons. The predicted octanol–water partition coefficient (Wildman–Crippen LogP) is 2.44. The van der Waals surface area contributed by atoms with Crippen molar-refractivity contribution in [3.8, 4) is 11.1 Å². The van der Waals surface area contributed by atoms with Gasteiger partial charge >= 0.3 is 0 Å². The molecule has 7 heteroatoms. The Morgan fingerprint density at radius 3 is 2.21 bits per heavy atom. The predicted molar refractivity (Wildman–Crippen MR) is 87.5 cm³/mol. The van der Waals surface area contributed by atoms with Crippen LogP contribution in [0.25, 0.3) is 11.1 Å². The van der Waals surface area contributed by atoms with Gasteiger partial charge in [-0.1, -0.05) is 59.8 Å². The summed E-state index contributed by atoms with van der Waals surface area (Å²) in [5, 5.41) is 32.2. The van der Waals surface area contributed by atoms with Crippen LogP contribution >= 0.6 is 0 Å². The summed E-state index contributed by atoms with van der Waals surface area (Å²) in [4.78, 5) is 3.71. The van der Waals surface area contributed by atoms with Crippen LogP contribution in [0.5, 0.6) is 0 Å². The van der Waals surface area contributed by atoms with E-state index in [1.807, 2.05) is 54.6 Å². The van der Waals surface area contributed by atoms with Crippen molar-refractivity contribution in [1.29, 1.82) is 0 Å². The summed E-state index contributed by atoms with van der Waals surface area (Å²) in [5.74, 6) is -0.259. The summed E-state index contributed by atoms with van der Waals surface area (Å²) in [6.45, 7) is 1.79. The third kappa shape index (κ3) is 3.43. The Labute approximate surface area is 139 Å². The average Bonchev–Trinajstić information content (AvgIpc) is 3.04. The molecule has 3 N–H and O–H groups in total. The standard InChI is InChI=1S/C17H18N4O3/c1-17(22,11-20-12-18-16(19-20)21(23)24)15-9-7-14(8-10-15)13-5-3-2-4-6-13/h2-10,12,22-24H,11H2,1H3. The van der Waals surface area contributed by atoms with Gasteiger partial charge in [-0.25, -0.2) is 4.68 Å². The number of aromatic nitrogens is 3. The van der Waals surface area contributed by atoms with E-state index in [1.54, 1.807) is 6.92 Å². The zero-order valence-electron chi connectivity index (χ0n) is 13.1. The van der Waals surface area contributed by atoms with Gasteiger partial charge in [0.2, 0.25) is 0 Å². The van der Waals surface area contributed by atoms with Crippen LogP contribution in [0.3, 0.4) is 0 Å². The molecule has 1 unspecified atom stereocenters. The maximum Gasteiger partial charge on any atom is 0.295 e. The van der Waals surface area contributed by atoms with Gasteiger partial charge in [-0.05, 0) is 23.6 Å². The van der Waals surface area contributed by atoms with Crippen molar-refractivity contribution in [2.75, 3.05) is 5.23 Å². The molecule has 0 saturated heterocycles. The van der Waals surface area contributed by atoms with Gasteiger partial charge in [0.1, 0.15) is 11.9 Å². The molecule has 1 aromatic heterocycles. The lowest BCUT2D eigenvalue weighted by Gasteiger charge is -2.23. The van der Waals surface area contributed by atoms with Crippen molar-refractivity contribution in [2.45, 2.75) is 19.1 Å². The molecule has 0 spiro atoms. The second-order valence-electron chi connectivity index (χ2n) is 5.75. The maximum absolute atomic E-state index is 10.7. The van der Waals surface area contributed by atoms with Gasteiger partial charge in [0.25, 0.3) is 5.95 Å². The molecule has 124 valence electrons. The number of anilines is 1. The molecule has 0 fully saturated rings. The third-order valence-corrected chi connectivity index (χ3v) is 3.79. The first-order chi connectivity index (χ1) is 11.5. The van der Waals surface area contributed by atoms with E-state index in [4.69, 9.17) is 10.4 Å². The van der Waals surface area contributed by atoms with E-state index in [1.165, 1.54) is 11.0 Å². The minimum absolute atomic E-state index is 0.124. The summed E-state index contributed by atoms with van der Waals surface area (Å²) in [7, 11) is 0. The van der Waals surface area contributed by atoms with Gasteiger partial charge in [0, 0.05) is 0 Å². The van der Waals surface area contributed by atoms with E-state index in [0.29, 0.717) is 0 Å². The minimum atomic E-state index is -1.18. The largest absolute Gasteiger partial charge is 0.384 e. The lowest BCUT2D eigenvalue weighted by molar-refractivity contribution is 0.0213. The Balaban J connectivity index is 1.79. The second-order valence-corrected chi connectivity index (χ2v) is 5.75. The molecule has 3 rings (SSSR count). The van der Waals surface area contributed by atoms with E-state index < -0.39 is 5.60 Å². The minimum Gasteiger partial charge on any atom is -0.384 e. The fourth-order valence-corrected chi connectivity index (χ4v) is 2.51. The van der Waals surface area contributed by atoms with Gasteiger partial charge in [-0.3, -0.25) is 10.4 Å². The van der Waals surface area contributed by atoms with E-state index in [9.17, 15) is 5.11 Å². The maximum atomic E-state index is 10.7. The van der Waals surface area contributed by atoms with Crippen LogP contribution in [-0.2, 0) is 12.1 Å². The summed E-state index contributed by atoms with van der Waals surface area (Å²) in [6, 6.07) is 17.6. The van der Waals surface area contributed by atoms with Crippen molar-refractivity contribution in [3.05, 3.63) is 66.5 Å². The van der Waals surface area contributed by atoms with Crippen LogP contribution in [-0.4, -0.2) is 30.3 Å². The van der Waals surface area contributed by atoms with Gasteiger partial charge in [0.05, 0.1) is 6.54 Å². The molecule has 0 aliphatic rings. The van der Waals surface area contributed by atoms with Crippen LogP contribution in [0.4, 0.5) is 5.95 Å². The van der Waals surface area contributed by atoms with Crippen molar-refractivity contribution in [2.24, 2.45) is 0 Å². The van der Waals surface area contributed by atoms with Gasteiger partial charge < -0.3 is 5.11 Å². The first-order valence-corrected chi connectivity index (χ1v) is 7.41. The van der Waals surface area contributed by atoms with Crippen molar-refractivity contribution >= 4 is 5.95 Å². The highest BCUT2D eigenvalue weighted by Crippen LogP contribution is 2.26. The number of hydrogen-bond acceptors (Lipinski definition) is 6. The number of benzene rings is 2. The fourth-order valence-electron chi connectivity index (χ4n) is 2.51. The molecule has 1 heterocycles. The van der Waals surface area contributed by atoms with Gasteiger partial charge in [0.15, 0.2) is 0 Å². The highest BCUT2D eigenvalue weighted by molar-refractivity contribution is 5.63. The first-order valence-electron chi connectivity index (χ1n) is 7.41. The lowest BCUT2D eigenvalue weighted by atomic mass is 9.94. The molecule has 24 heavy (non-hydrogen) atoms. The molecule has 3 aromatic rings. The van der Waals surface area contributed by atoms with Crippen LogP contribution in [0, 0.1) is 0 Å². The number of aliphatic hydroxyl groups is 1. The molecule has 0 bridgehead atoms. The second kappa shape index (κ2) is 6.40. The fraction of sp³-hybridized carbons (Fsp3) is 0.176. The smallest absolute Gasteiger partial charge is 0.295 e. The first kappa shape index (κ1) is 16.1.